The van der Waals surface area contributed by atoms with Crippen LogP contribution >= 0.6 is 0 Å². The van der Waals surface area contributed by atoms with Crippen LogP contribution in [0.25, 0.3) is 0 Å². The minimum Gasteiger partial charge on any atom is -0.497 e. The van der Waals surface area contributed by atoms with E-state index in [0.717, 1.165) is 0 Å². The predicted molar refractivity (Wildman–Crippen MR) is 103 cm³/mol. The van der Waals surface area contributed by atoms with Crippen molar-refractivity contribution >= 4 is 18.0 Å². The summed E-state index contributed by atoms with van der Waals surface area (Å²) in [6.07, 6.45) is 4.39. The molecular formula is C20H26N2O6. The second-order valence-corrected chi connectivity index (χ2v) is 7.06. The number of methoxy groups -OCH3 is 1. The molecule has 0 fully saturated rings. The van der Waals surface area contributed by atoms with Crippen molar-refractivity contribution in [3.8, 4) is 18.1 Å². The maximum atomic E-state index is 12.5. The van der Waals surface area contributed by atoms with E-state index in [1.54, 1.807) is 45.0 Å². The lowest BCUT2D eigenvalue weighted by Crippen LogP contribution is -2.52. The molecule has 0 aliphatic carbocycles. The van der Waals surface area contributed by atoms with Gasteiger partial charge < -0.3 is 25.2 Å². The smallest absolute Gasteiger partial charge is 0.408 e. The Kier molecular flexibility index (Phi) is 8.32. The van der Waals surface area contributed by atoms with Gasteiger partial charge in [-0.1, -0.05) is 12.1 Å². The van der Waals surface area contributed by atoms with Gasteiger partial charge in [-0.3, -0.25) is 4.79 Å². The molecule has 0 aliphatic heterocycles. The highest BCUT2D eigenvalue weighted by Crippen LogP contribution is 2.13. The molecule has 8 heteroatoms. The van der Waals surface area contributed by atoms with Gasteiger partial charge in [0.2, 0.25) is 5.91 Å². The Morgan fingerprint density at radius 2 is 1.75 bits per heavy atom. The van der Waals surface area contributed by atoms with Gasteiger partial charge in [0.25, 0.3) is 0 Å². The Bertz CT molecular complexity index is 731. The van der Waals surface area contributed by atoms with E-state index in [0.29, 0.717) is 11.3 Å². The summed E-state index contributed by atoms with van der Waals surface area (Å²) in [6, 6.07) is 4.50. The third kappa shape index (κ3) is 7.99. The Labute approximate surface area is 164 Å². The van der Waals surface area contributed by atoms with Crippen LogP contribution in [0.5, 0.6) is 5.75 Å². The number of carbonyl (C=O) groups is 3. The summed E-state index contributed by atoms with van der Waals surface area (Å²) < 4.78 is 10.2. The summed E-state index contributed by atoms with van der Waals surface area (Å²) in [5.74, 6) is 1.01. The molecule has 2 atom stereocenters. The summed E-state index contributed by atoms with van der Waals surface area (Å²) in [7, 11) is 1.53. The van der Waals surface area contributed by atoms with Crippen molar-refractivity contribution in [1.29, 1.82) is 0 Å². The minimum atomic E-state index is -1.21. The van der Waals surface area contributed by atoms with Gasteiger partial charge in [-0.25, -0.2) is 9.59 Å². The first kappa shape index (κ1) is 22.8. The first-order valence-electron chi connectivity index (χ1n) is 8.64. The molecule has 1 rings (SSSR count). The summed E-state index contributed by atoms with van der Waals surface area (Å²) in [5.41, 5.74) is -0.0544. The third-order valence-electron chi connectivity index (χ3n) is 3.54. The second kappa shape index (κ2) is 10.2. The fourth-order valence-corrected chi connectivity index (χ4v) is 2.25. The molecular weight excluding hydrogens is 364 g/mol. The maximum absolute atomic E-state index is 12.5. The lowest BCUT2D eigenvalue weighted by molar-refractivity contribution is -0.142. The first-order chi connectivity index (χ1) is 13.1. The number of hydrogen-bond acceptors (Lipinski definition) is 5. The normalized spacial score (nSPS) is 12.8. The minimum absolute atomic E-state index is 0.0558. The summed E-state index contributed by atoms with van der Waals surface area (Å²) in [4.78, 5) is 35.9. The molecule has 2 amide bonds. The average Bonchev–Trinajstić information content (AvgIpc) is 2.59. The molecule has 0 bridgehead atoms. The number of ether oxygens (including phenoxy) is 2. The average molecular weight is 390 g/mol. The zero-order chi connectivity index (χ0) is 21.3. The highest BCUT2D eigenvalue weighted by Gasteiger charge is 2.28. The lowest BCUT2D eigenvalue weighted by Gasteiger charge is -2.23. The van der Waals surface area contributed by atoms with Crippen LogP contribution in [0.4, 0.5) is 4.79 Å². The first-order valence-corrected chi connectivity index (χ1v) is 8.64. The molecule has 1 aromatic carbocycles. The number of alkyl carbamates (subject to hydrolysis) is 1. The molecule has 0 saturated carbocycles. The Morgan fingerprint density at radius 3 is 2.21 bits per heavy atom. The van der Waals surface area contributed by atoms with E-state index < -0.39 is 35.7 Å². The number of carbonyl (C=O) groups excluding carboxylic acids is 2. The zero-order valence-electron chi connectivity index (χ0n) is 16.4. The van der Waals surface area contributed by atoms with Crippen LogP contribution in [0.1, 0.15) is 32.8 Å². The number of carboxylic acids is 1. The fourth-order valence-electron chi connectivity index (χ4n) is 2.25. The van der Waals surface area contributed by atoms with Gasteiger partial charge in [0.15, 0.2) is 0 Å². The number of benzene rings is 1. The molecule has 0 aromatic heterocycles. The van der Waals surface area contributed by atoms with E-state index >= 15 is 0 Å². The molecule has 28 heavy (non-hydrogen) atoms. The van der Waals surface area contributed by atoms with Gasteiger partial charge in [-0.15, -0.1) is 12.3 Å². The molecule has 0 heterocycles. The van der Waals surface area contributed by atoms with Crippen LogP contribution in [0.3, 0.4) is 0 Å². The molecule has 1 unspecified atom stereocenters. The van der Waals surface area contributed by atoms with Crippen molar-refractivity contribution in [2.24, 2.45) is 0 Å². The molecule has 0 spiro atoms. The van der Waals surface area contributed by atoms with E-state index in [2.05, 4.69) is 16.6 Å². The molecule has 152 valence electrons. The molecule has 0 radical (unpaired) electrons. The zero-order valence-corrected chi connectivity index (χ0v) is 16.4. The monoisotopic (exact) mass is 390 g/mol. The molecule has 1 aromatic rings. The van der Waals surface area contributed by atoms with Crippen molar-refractivity contribution in [1.82, 2.24) is 10.6 Å². The van der Waals surface area contributed by atoms with Crippen molar-refractivity contribution < 1.29 is 29.0 Å². The number of aliphatic carboxylic acids is 1. The van der Waals surface area contributed by atoms with Gasteiger partial charge in [-0.2, -0.15) is 0 Å². The van der Waals surface area contributed by atoms with Crippen LogP contribution in [-0.4, -0.2) is 47.9 Å². The third-order valence-corrected chi connectivity index (χ3v) is 3.54. The number of rotatable bonds is 8. The van der Waals surface area contributed by atoms with Gasteiger partial charge in [0, 0.05) is 12.8 Å². The van der Waals surface area contributed by atoms with Crippen LogP contribution in [0, 0.1) is 12.3 Å². The number of terminal acetylenes is 1. The van der Waals surface area contributed by atoms with E-state index in [9.17, 15) is 19.5 Å². The van der Waals surface area contributed by atoms with E-state index in [4.69, 9.17) is 15.9 Å². The number of carboxylic acid groups (broad SMARTS) is 1. The van der Waals surface area contributed by atoms with Crippen LogP contribution < -0.4 is 15.4 Å². The van der Waals surface area contributed by atoms with Crippen molar-refractivity contribution in [2.75, 3.05) is 7.11 Å². The quantitative estimate of drug-likeness (QED) is 0.583. The molecule has 0 aliphatic rings. The van der Waals surface area contributed by atoms with Gasteiger partial charge in [0.05, 0.1) is 7.11 Å². The van der Waals surface area contributed by atoms with Crippen LogP contribution in [0.2, 0.25) is 0 Å². The largest absolute Gasteiger partial charge is 0.497 e. The Morgan fingerprint density at radius 1 is 1.14 bits per heavy atom. The molecule has 8 nitrogen and oxygen atoms in total. The number of amides is 2. The standard InChI is InChI=1S/C20H26N2O6/c1-6-7-15(22-19(26)28-20(2,3)4)17(23)21-16(18(24)25)12-13-8-10-14(27-5)11-9-13/h1,8-11,15-16H,7,12H2,2-5H3,(H,21,23)(H,22,26)(H,24,25)/t15-,16?/m0/s1. The summed E-state index contributed by atoms with van der Waals surface area (Å²) in [6.45, 7) is 5.04. The number of nitrogens with one attached hydrogen (secondary N) is 2. The van der Waals surface area contributed by atoms with Crippen LogP contribution in [0.15, 0.2) is 24.3 Å². The lowest BCUT2D eigenvalue weighted by atomic mass is 10.0. The maximum Gasteiger partial charge on any atom is 0.408 e. The molecule has 0 saturated heterocycles. The van der Waals surface area contributed by atoms with Gasteiger partial charge in [0.1, 0.15) is 23.4 Å². The second-order valence-electron chi connectivity index (χ2n) is 7.06. The molecule has 3 N–H and O–H groups in total. The summed E-state index contributed by atoms with van der Waals surface area (Å²) >= 11 is 0. The highest BCUT2D eigenvalue weighted by atomic mass is 16.6. The van der Waals surface area contributed by atoms with E-state index in [1.807, 2.05) is 0 Å². The SMILES string of the molecule is C#CC[C@H](NC(=O)OC(C)(C)C)C(=O)NC(Cc1ccc(OC)cc1)C(=O)O. The van der Waals surface area contributed by atoms with Crippen molar-refractivity contribution in [3.05, 3.63) is 29.8 Å². The van der Waals surface area contributed by atoms with Gasteiger partial charge in [-0.05, 0) is 38.5 Å². The van der Waals surface area contributed by atoms with E-state index in [-0.39, 0.29) is 12.8 Å². The van der Waals surface area contributed by atoms with Crippen molar-refractivity contribution in [2.45, 2.75) is 51.3 Å². The highest BCUT2D eigenvalue weighted by molar-refractivity contribution is 5.89. The predicted octanol–water partition coefficient (Wildman–Crippen LogP) is 1.72. The van der Waals surface area contributed by atoms with Crippen molar-refractivity contribution in [3.63, 3.8) is 0 Å². The van der Waals surface area contributed by atoms with Crippen LogP contribution in [-0.2, 0) is 20.7 Å². The summed E-state index contributed by atoms with van der Waals surface area (Å²) in [5, 5.41) is 14.2. The Balaban J connectivity index is 2.81. The van der Waals surface area contributed by atoms with E-state index in [1.165, 1.54) is 7.11 Å². The topological polar surface area (TPSA) is 114 Å². The van der Waals surface area contributed by atoms with Gasteiger partial charge >= 0.3 is 12.1 Å². The Hall–Kier alpha value is -3.21. The fraction of sp³-hybridized carbons (Fsp3) is 0.450. The number of hydrogen-bond donors (Lipinski definition) is 3.